The first-order valence-electron chi connectivity index (χ1n) is 9.61. The van der Waals surface area contributed by atoms with E-state index in [1.54, 1.807) is 7.11 Å². The van der Waals surface area contributed by atoms with Gasteiger partial charge in [0.25, 0.3) is 0 Å². The molecule has 0 bridgehead atoms. The first-order chi connectivity index (χ1) is 12.3. The molecular weight excluding hydrogens is 314 g/mol. The molecule has 2 heterocycles. The van der Waals surface area contributed by atoms with Gasteiger partial charge in [0, 0.05) is 24.7 Å². The van der Waals surface area contributed by atoms with Crippen LogP contribution in [0.15, 0.2) is 24.3 Å². The number of nitrogens with one attached hydrogen (secondary N) is 1. The average molecular weight is 345 g/mol. The van der Waals surface area contributed by atoms with E-state index in [-0.39, 0.29) is 5.91 Å². The first kappa shape index (κ1) is 18.2. The van der Waals surface area contributed by atoms with Crippen LogP contribution in [0.4, 0.5) is 0 Å². The Bertz CT molecular complexity index is 558. The monoisotopic (exact) mass is 345 g/mol. The van der Waals surface area contributed by atoms with Crippen LogP contribution >= 0.6 is 0 Å². The SMILES string of the molecule is COc1ccccc1CNC(=O)CN1CCCC1CN1CCCCC1. The Balaban J connectivity index is 1.46. The molecule has 5 heteroatoms. The van der Waals surface area contributed by atoms with Gasteiger partial charge in [-0.05, 0) is 51.4 Å². The lowest BCUT2D eigenvalue weighted by molar-refractivity contribution is -0.122. The molecule has 1 aromatic rings. The zero-order valence-corrected chi connectivity index (χ0v) is 15.4. The minimum atomic E-state index is 0.108. The number of para-hydroxylation sites is 1. The zero-order chi connectivity index (χ0) is 17.5. The van der Waals surface area contributed by atoms with Gasteiger partial charge in [-0.3, -0.25) is 9.69 Å². The number of benzene rings is 1. The van der Waals surface area contributed by atoms with Crippen molar-refractivity contribution in [1.82, 2.24) is 15.1 Å². The summed E-state index contributed by atoms with van der Waals surface area (Å²) in [5.41, 5.74) is 1.02. The van der Waals surface area contributed by atoms with Crippen molar-refractivity contribution < 1.29 is 9.53 Å². The fraction of sp³-hybridized carbons (Fsp3) is 0.650. The van der Waals surface area contributed by atoms with Gasteiger partial charge in [-0.2, -0.15) is 0 Å². The number of hydrogen-bond acceptors (Lipinski definition) is 4. The molecule has 2 saturated heterocycles. The van der Waals surface area contributed by atoms with Crippen molar-refractivity contribution in [2.45, 2.75) is 44.7 Å². The number of hydrogen-bond donors (Lipinski definition) is 1. The molecule has 1 atom stereocenters. The quantitative estimate of drug-likeness (QED) is 0.823. The molecule has 1 N–H and O–H groups in total. The number of carbonyl (C=O) groups excluding carboxylic acids is 1. The van der Waals surface area contributed by atoms with Crippen LogP contribution in [0.1, 0.15) is 37.7 Å². The van der Waals surface area contributed by atoms with E-state index in [9.17, 15) is 4.79 Å². The van der Waals surface area contributed by atoms with Crippen molar-refractivity contribution in [2.75, 3.05) is 39.8 Å². The summed E-state index contributed by atoms with van der Waals surface area (Å²) in [6.07, 6.45) is 6.45. The number of piperidine rings is 1. The van der Waals surface area contributed by atoms with Gasteiger partial charge in [0.15, 0.2) is 0 Å². The molecule has 0 spiro atoms. The molecule has 2 fully saturated rings. The fourth-order valence-electron chi connectivity index (χ4n) is 4.03. The molecule has 0 radical (unpaired) electrons. The number of amides is 1. The van der Waals surface area contributed by atoms with Gasteiger partial charge in [-0.1, -0.05) is 24.6 Å². The third-order valence-electron chi connectivity index (χ3n) is 5.43. The van der Waals surface area contributed by atoms with E-state index in [2.05, 4.69) is 15.1 Å². The van der Waals surface area contributed by atoms with E-state index >= 15 is 0 Å². The number of carbonyl (C=O) groups is 1. The van der Waals surface area contributed by atoms with Crippen molar-refractivity contribution in [2.24, 2.45) is 0 Å². The number of methoxy groups -OCH3 is 1. The Morgan fingerprint density at radius 1 is 1.16 bits per heavy atom. The van der Waals surface area contributed by atoms with Crippen LogP contribution in [0, 0.1) is 0 Å². The minimum Gasteiger partial charge on any atom is -0.496 e. The van der Waals surface area contributed by atoms with Crippen molar-refractivity contribution in [3.05, 3.63) is 29.8 Å². The molecular formula is C20H31N3O2. The maximum Gasteiger partial charge on any atom is 0.234 e. The Kier molecular flexibility index (Phi) is 6.70. The molecule has 25 heavy (non-hydrogen) atoms. The highest BCUT2D eigenvalue weighted by molar-refractivity contribution is 5.78. The molecule has 3 rings (SSSR count). The van der Waals surface area contributed by atoms with E-state index < -0.39 is 0 Å². The lowest BCUT2D eigenvalue weighted by Gasteiger charge is -2.32. The predicted octanol–water partition coefficient (Wildman–Crippen LogP) is 2.26. The maximum atomic E-state index is 12.4. The first-order valence-corrected chi connectivity index (χ1v) is 9.61. The zero-order valence-electron chi connectivity index (χ0n) is 15.4. The smallest absolute Gasteiger partial charge is 0.234 e. The van der Waals surface area contributed by atoms with Crippen LogP contribution in [-0.4, -0.2) is 61.6 Å². The highest BCUT2D eigenvalue weighted by Gasteiger charge is 2.28. The van der Waals surface area contributed by atoms with Gasteiger partial charge in [0.05, 0.1) is 13.7 Å². The second kappa shape index (κ2) is 9.20. The van der Waals surface area contributed by atoms with Crippen LogP contribution in [0.25, 0.3) is 0 Å². The van der Waals surface area contributed by atoms with E-state index in [0.717, 1.165) is 24.4 Å². The molecule has 2 aliphatic rings. The Labute approximate surface area is 151 Å². The Morgan fingerprint density at radius 2 is 1.96 bits per heavy atom. The van der Waals surface area contributed by atoms with Crippen LogP contribution < -0.4 is 10.1 Å². The van der Waals surface area contributed by atoms with Gasteiger partial charge >= 0.3 is 0 Å². The number of nitrogens with zero attached hydrogens (tertiary/aromatic N) is 2. The lowest BCUT2D eigenvalue weighted by Crippen LogP contribution is -2.45. The molecule has 2 aliphatic heterocycles. The molecule has 0 aliphatic carbocycles. The Morgan fingerprint density at radius 3 is 2.76 bits per heavy atom. The van der Waals surface area contributed by atoms with Crippen molar-refractivity contribution in [3.63, 3.8) is 0 Å². The van der Waals surface area contributed by atoms with Crippen molar-refractivity contribution in [1.29, 1.82) is 0 Å². The average Bonchev–Trinajstić information content (AvgIpc) is 3.07. The summed E-state index contributed by atoms with van der Waals surface area (Å²) in [6.45, 7) is 5.65. The molecule has 0 aromatic heterocycles. The molecule has 1 aromatic carbocycles. The van der Waals surface area contributed by atoms with Gasteiger partial charge in [-0.15, -0.1) is 0 Å². The van der Waals surface area contributed by atoms with Gasteiger partial charge in [-0.25, -0.2) is 0 Å². The summed E-state index contributed by atoms with van der Waals surface area (Å²) in [7, 11) is 1.66. The summed E-state index contributed by atoms with van der Waals surface area (Å²) in [4.78, 5) is 17.4. The van der Waals surface area contributed by atoms with Crippen molar-refractivity contribution >= 4 is 5.91 Å². The topological polar surface area (TPSA) is 44.8 Å². The maximum absolute atomic E-state index is 12.4. The lowest BCUT2D eigenvalue weighted by atomic mass is 10.1. The fourth-order valence-corrected chi connectivity index (χ4v) is 4.03. The summed E-state index contributed by atoms with van der Waals surface area (Å²) in [5, 5.41) is 3.05. The third-order valence-corrected chi connectivity index (χ3v) is 5.43. The van der Waals surface area contributed by atoms with Crippen LogP contribution in [-0.2, 0) is 11.3 Å². The number of ether oxygens (including phenoxy) is 1. The van der Waals surface area contributed by atoms with E-state index in [1.807, 2.05) is 24.3 Å². The molecule has 5 nitrogen and oxygen atoms in total. The van der Waals surface area contributed by atoms with E-state index in [4.69, 9.17) is 4.74 Å². The molecule has 138 valence electrons. The second-order valence-electron chi connectivity index (χ2n) is 7.22. The third kappa shape index (κ3) is 5.19. The van der Waals surface area contributed by atoms with E-state index in [1.165, 1.54) is 45.2 Å². The number of likely N-dealkylation sites (tertiary alicyclic amines) is 2. The molecule has 0 saturated carbocycles. The summed E-state index contributed by atoms with van der Waals surface area (Å²) < 4.78 is 5.35. The normalized spacial score (nSPS) is 22.0. The van der Waals surface area contributed by atoms with Gasteiger partial charge < -0.3 is 15.0 Å². The predicted molar refractivity (Wildman–Crippen MR) is 99.7 cm³/mol. The van der Waals surface area contributed by atoms with Crippen LogP contribution in [0.2, 0.25) is 0 Å². The largest absolute Gasteiger partial charge is 0.496 e. The Hall–Kier alpha value is -1.59. The van der Waals surface area contributed by atoms with Crippen molar-refractivity contribution in [3.8, 4) is 5.75 Å². The van der Waals surface area contributed by atoms with Crippen LogP contribution in [0.3, 0.4) is 0 Å². The van der Waals surface area contributed by atoms with Gasteiger partial charge in [0.2, 0.25) is 5.91 Å². The highest BCUT2D eigenvalue weighted by Crippen LogP contribution is 2.20. The van der Waals surface area contributed by atoms with E-state index in [0.29, 0.717) is 19.1 Å². The summed E-state index contributed by atoms with van der Waals surface area (Å²) in [6, 6.07) is 8.37. The molecule has 1 amide bonds. The molecule has 1 unspecified atom stereocenters. The summed E-state index contributed by atoms with van der Waals surface area (Å²) in [5.74, 6) is 0.934. The summed E-state index contributed by atoms with van der Waals surface area (Å²) >= 11 is 0. The second-order valence-corrected chi connectivity index (χ2v) is 7.22. The highest BCUT2D eigenvalue weighted by atomic mass is 16.5. The van der Waals surface area contributed by atoms with Gasteiger partial charge in [0.1, 0.15) is 5.75 Å². The number of rotatable bonds is 7. The standard InChI is InChI=1S/C20H31N3O2/c1-25-19-10-4-3-8-17(19)14-21-20(24)16-23-13-7-9-18(23)15-22-11-5-2-6-12-22/h3-4,8,10,18H,2,5-7,9,11-16H2,1H3,(H,21,24). The minimum absolute atomic E-state index is 0.108. The van der Waals surface area contributed by atoms with Crippen LogP contribution in [0.5, 0.6) is 5.75 Å².